The van der Waals surface area contributed by atoms with Gasteiger partial charge in [-0.1, -0.05) is 18.2 Å². The van der Waals surface area contributed by atoms with Gasteiger partial charge in [0.2, 0.25) is 26.6 Å². The predicted octanol–water partition coefficient (Wildman–Crippen LogP) is 3.77. The van der Waals surface area contributed by atoms with E-state index < -0.39 is 9.84 Å². The molecule has 0 bridgehead atoms. The molecule has 0 unspecified atom stereocenters. The van der Waals surface area contributed by atoms with Gasteiger partial charge in [-0.3, -0.25) is 0 Å². The first-order valence-electron chi connectivity index (χ1n) is 9.39. The van der Waals surface area contributed by atoms with Gasteiger partial charge in [0.15, 0.2) is 0 Å². The third-order valence-corrected chi connectivity index (χ3v) is 6.43. The molecule has 0 amide bonds. The summed E-state index contributed by atoms with van der Waals surface area (Å²) < 4.78 is 43.0. The molecule has 0 spiro atoms. The number of benzene rings is 2. The third-order valence-electron chi connectivity index (χ3n) is 4.76. The fraction of sp³-hybridized carbons (Fsp3) is 0.286. The number of anilines is 1. The summed E-state index contributed by atoms with van der Waals surface area (Å²) in [6.07, 6.45) is 1.94. The van der Waals surface area contributed by atoms with Crippen LogP contribution in [0.1, 0.15) is 12.8 Å². The van der Waals surface area contributed by atoms with E-state index in [9.17, 15) is 8.42 Å². The van der Waals surface area contributed by atoms with Crippen LogP contribution in [0, 0.1) is 0 Å². The minimum atomic E-state index is -3.85. The van der Waals surface area contributed by atoms with E-state index in [2.05, 4.69) is 10.3 Å². The van der Waals surface area contributed by atoms with Gasteiger partial charge >= 0.3 is 0 Å². The van der Waals surface area contributed by atoms with Crippen molar-refractivity contribution in [2.45, 2.75) is 28.9 Å². The summed E-state index contributed by atoms with van der Waals surface area (Å²) in [6.45, 7) is 1.17. The molecule has 8 heteroatoms. The van der Waals surface area contributed by atoms with Crippen molar-refractivity contribution < 1.29 is 22.3 Å². The molecule has 1 atom stereocenters. The van der Waals surface area contributed by atoms with Gasteiger partial charge in [0, 0.05) is 18.7 Å². The van der Waals surface area contributed by atoms with E-state index >= 15 is 0 Å². The molecule has 0 radical (unpaired) electrons. The Kier molecular flexibility index (Phi) is 5.55. The molecule has 1 saturated heterocycles. The number of aromatic nitrogens is 1. The summed E-state index contributed by atoms with van der Waals surface area (Å²) in [5.41, 5.74) is 0.653. The number of nitrogens with one attached hydrogen (secondary N) is 1. The third kappa shape index (κ3) is 4.13. The number of nitrogens with zero attached hydrogens (tertiary/aromatic N) is 1. The fourth-order valence-corrected chi connectivity index (χ4v) is 4.48. The van der Waals surface area contributed by atoms with E-state index in [-0.39, 0.29) is 27.8 Å². The lowest BCUT2D eigenvalue weighted by atomic mass is 10.2. The Morgan fingerprint density at radius 3 is 2.55 bits per heavy atom. The van der Waals surface area contributed by atoms with Crippen LogP contribution in [-0.2, 0) is 14.6 Å². The van der Waals surface area contributed by atoms with Crippen molar-refractivity contribution >= 4 is 15.7 Å². The zero-order valence-electron chi connectivity index (χ0n) is 16.0. The number of sulfone groups is 1. The van der Waals surface area contributed by atoms with Crippen LogP contribution in [-0.4, -0.2) is 39.8 Å². The topological polar surface area (TPSA) is 90.7 Å². The van der Waals surface area contributed by atoms with Crippen molar-refractivity contribution in [3.05, 3.63) is 54.6 Å². The van der Waals surface area contributed by atoms with E-state index in [1.54, 1.807) is 61.7 Å². The standard InChI is InChI=1S/C21H22N2O5S/c1-26-16-11-9-15(10-12-16)19-23-21(29(24,25)18-7-3-2-4-8-18)20(28-19)22-14-17-6-5-13-27-17/h2-4,7-12,17,22H,5-6,13-14H2,1H3/t17-/m1/s1. The second-order valence-electron chi connectivity index (χ2n) is 6.71. The van der Waals surface area contributed by atoms with Gasteiger partial charge in [0.05, 0.1) is 18.1 Å². The van der Waals surface area contributed by atoms with Crippen molar-refractivity contribution in [3.63, 3.8) is 0 Å². The highest BCUT2D eigenvalue weighted by Crippen LogP contribution is 2.33. The van der Waals surface area contributed by atoms with Crippen LogP contribution >= 0.6 is 0 Å². The Bertz CT molecular complexity index is 1060. The van der Waals surface area contributed by atoms with Crippen LogP contribution in [0.4, 0.5) is 5.88 Å². The van der Waals surface area contributed by atoms with Crippen molar-refractivity contribution in [2.75, 3.05) is 25.6 Å². The predicted molar refractivity (Wildman–Crippen MR) is 108 cm³/mol. The molecule has 1 aliphatic heterocycles. The van der Waals surface area contributed by atoms with Gasteiger partial charge < -0.3 is 19.2 Å². The number of ether oxygens (including phenoxy) is 2. The Morgan fingerprint density at radius 1 is 1.14 bits per heavy atom. The van der Waals surface area contributed by atoms with E-state index in [0.29, 0.717) is 17.9 Å². The largest absolute Gasteiger partial charge is 0.497 e. The highest BCUT2D eigenvalue weighted by molar-refractivity contribution is 7.91. The number of hydrogen-bond acceptors (Lipinski definition) is 7. The Morgan fingerprint density at radius 2 is 1.90 bits per heavy atom. The number of oxazole rings is 1. The molecule has 29 heavy (non-hydrogen) atoms. The van der Waals surface area contributed by atoms with Gasteiger partial charge in [-0.05, 0) is 49.2 Å². The molecule has 0 aliphatic carbocycles. The lowest BCUT2D eigenvalue weighted by Gasteiger charge is -2.10. The van der Waals surface area contributed by atoms with Gasteiger partial charge in [0.25, 0.3) is 0 Å². The number of rotatable bonds is 7. The van der Waals surface area contributed by atoms with Crippen LogP contribution in [0.2, 0.25) is 0 Å². The minimum Gasteiger partial charge on any atom is -0.497 e. The molecule has 7 nitrogen and oxygen atoms in total. The molecule has 1 fully saturated rings. The van der Waals surface area contributed by atoms with Crippen LogP contribution < -0.4 is 10.1 Å². The van der Waals surface area contributed by atoms with E-state index in [4.69, 9.17) is 13.9 Å². The summed E-state index contributed by atoms with van der Waals surface area (Å²) in [4.78, 5) is 4.49. The highest BCUT2D eigenvalue weighted by atomic mass is 32.2. The summed E-state index contributed by atoms with van der Waals surface area (Å²) in [5, 5.41) is 2.95. The Hall–Kier alpha value is -2.84. The maximum atomic E-state index is 13.2. The van der Waals surface area contributed by atoms with Crippen molar-refractivity contribution in [3.8, 4) is 17.2 Å². The average molecular weight is 414 g/mol. The van der Waals surface area contributed by atoms with E-state index in [1.165, 1.54) is 0 Å². The first-order valence-corrected chi connectivity index (χ1v) is 10.9. The second kappa shape index (κ2) is 8.26. The van der Waals surface area contributed by atoms with E-state index in [1.807, 2.05) is 0 Å². The number of hydrogen-bond donors (Lipinski definition) is 1. The molecule has 1 aromatic heterocycles. The SMILES string of the molecule is COc1ccc(-c2nc(S(=O)(=O)c3ccccc3)c(NC[C@H]3CCCO3)o2)cc1. The van der Waals surface area contributed by atoms with Crippen LogP contribution in [0.25, 0.3) is 11.5 Å². The average Bonchev–Trinajstić information content (AvgIpc) is 3.43. The molecule has 4 rings (SSSR count). The quantitative estimate of drug-likeness (QED) is 0.629. The maximum absolute atomic E-state index is 13.2. The monoisotopic (exact) mass is 414 g/mol. The van der Waals surface area contributed by atoms with Crippen molar-refractivity contribution in [2.24, 2.45) is 0 Å². The first-order chi connectivity index (χ1) is 14.1. The first kappa shape index (κ1) is 19.5. The Balaban J connectivity index is 1.71. The zero-order valence-corrected chi connectivity index (χ0v) is 16.8. The molecule has 2 aromatic carbocycles. The van der Waals surface area contributed by atoms with Crippen LogP contribution in [0.3, 0.4) is 0 Å². The van der Waals surface area contributed by atoms with Gasteiger partial charge in [-0.15, -0.1) is 0 Å². The van der Waals surface area contributed by atoms with Crippen molar-refractivity contribution in [1.29, 1.82) is 0 Å². The molecule has 1 aliphatic rings. The molecular weight excluding hydrogens is 392 g/mol. The summed E-state index contributed by atoms with van der Waals surface area (Å²) >= 11 is 0. The fourth-order valence-electron chi connectivity index (χ4n) is 3.18. The molecule has 2 heterocycles. The summed E-state index contributed by atoms with van der Waals surface area (Å²) in [7, 11) is -2.27. The van der Waals surface area contributed by atoms with Gasteiger partial charge in [0.1, 0.15) is 5.75 Å². The molecule has 3 aromatic rings. The highest BCUT2D eigenvalue weighted by Gasteiger charge is 2.29. The molecular formula is C21H22N2O5S. The normalized spacial score (nSPS) is 16.7. The van der Waals surface area contributed by atoms with Gasteiger partial charge in [-0.25, -0.2) is 8.42 Å². The van der Waals surface area contributed by atoms with Crippen molar-refractivity contribution in [1.82, 2.24) is 4.98 Å². The van der Waals surface area contributed by atoms with Crippen LogP contribution in [0.5, 0.6) is 5.75 Å². The van der Waals surface area contributed by atoms with Gasteiger partial charge in [-0.2, -0.15) is 4.98 Å². The summed E-state index contributed by atoms with van der Waals surface area (Å²) in [6, 6.07) is 15.3. The number of methoxy groups -OCH3 is 1. The summed E-state index contributed by atoms with van der Waals surface area (Å²) in [5.74, 6) is 1.03. The minimum absolute atomic E-state index is 0.0248. The lowest BCUT2D eigenvalue weighted by Crippen LogP contribution is -2.19. The second-order valence-corrected chi connectivity index (χ2v) is 8.58. The maximum Gasteiger partial charge on any atom is 0.233 e. The van der Waals surface area contributed by atoms with Crippen LogP contribution in [0.15, 0.2) is 68.9 Å². The van der Waals surface area contributed by atoms with E-state index in [0.717, 1.165) is 19.4 Å². The smallest absolute Gasteiger partial charge is 0.233 e. The zero-order chi connectivity index (χ0) is 20.3. The Labute approximate surface area is 169 Å². The molecule has 152 valence electrons. The molecule has 0 saturated carbocycles. The molecule has 1 N–H and O–H groups in total. The lowest BCUT2D eigenvalue weighted by molar-refractivity contribution is 0.120.